The van der Waals surface area contributed by atoms with E-state index in [0.717, 1.165) is 12.8 Å². The Balaban J connectivity index is 1.78. The van der Waals surface area contributed by atoms with Gasteiger partial charge in [0.05, 0.1) is 10.8 Å². The predicted octanol–water partition coefficient (Wildman–Crippen LogP) is 3.04. The van der Waals surface area contributed by atoms with E-state index in [0.29, 0.717) is 10.6 Å². The van der Waals surface area contributed by atoms with Crippen LogP contribution in [-0.2, 0) is 4.79 Å². The van der Waals surface area contributed by atoms with E-state index in [1.54, 1.807) is 29.3 Å². The van der Waals surface area contributed by atoms with Crippen LogP contribution in [0.5, 0.6) is 0 Å². The molecule has 1 atom stereocenters. The van der Waals surface area contributed by atoms with Crippen LogP contribution in [0.15, 0.2) is 29.6 Å². The third-order valence-corrected chi connectivity index (χ3v) is 5.08. The molecule has 1 aromatic carbocycles. The number of aromatic nitrogens is 1. The number of non-ortho nitro benzene ring substituents is 1. The van der Waals surface area contributed by atoms with Gasteiger partial charge in [-0.3, -0.25) is 19.7 Å². The summed E-state index contributed by atoms with van der Waals surface area (Å²) < 4.78 is 0. The molecule has 1 heterocycles. The Kier molecular flexibility index (Phi) is 4.99. The molecular weight excluding hydrogens is 358 g/mol. The minimum Gasteiger partial charge on any atom is -0.481 e. The predicted molar refractivity (Wildman–Crippen MR) is 95.1 cm³/mol. The lowest BCUT2D eigenvalue weighted by atomic mass is 10.1. The van der Waals surface area contributed by atoms with E-state index in [1.807, 2.05) is 0 Å². The summed E-state index contributed by atoms with van der Waals surface area (Å²) in [4.78, 5) is 40.1. The van der Waals surface area contributed by atoms with Crippen molar-refractivity contribution in [2.24, 2.45) is 5.92 Å². The van der Waals surface area contributed by atoms with Crippen molar-refractivity contribution in [3.63, 3.8) is 0 Å². The zero-order valence-electron chi connectivity index (χ0n) is 14.0. The minimum absolute atomic E-state index is 0.0100. The van der Waals surface area contributed by atoms with Gasteiger partial charge in [-0.2, -0.15) is 0 Å². The van der Waals surface area contributed by atoms with E-state index < -0.39 is 16.8 Å². The second-order valence-corrected chi connectivity index (χ2v) is 7.13. The van der Waals surface area contributed by atoms with Crippen molar-refractivity contribution in [1.82, 2.24) is 9.88 Å². The average molecular weight is 375 g/mol. The van der Waals surface area contributed by atoms with Gasteiger partial charge in [-0.1, -0.05) is 6.92 Å². The molecule has 9 heteroatoms. The van der Waals surface area contributed by atoms with Gasteiger partial charge in [0, 0.05) is 35.7 Å². The number of nitro groups is 1. The number of benzene rings is 1. The number of hydrogen-bond acceptors (Lipinski definition) is 6. The summed E-state index contributed by atoms with van der Waals surface area (Å²) in [5.74, 6) is -1.86. The summed E-state index contributed by atoms with van der Waals surface area (Å²) in [5.41, 5.74) is 0.952. The van der Waals surface area contributed by atoms with Crippen LogP contribution in [0.25, 0.3) is 10.6 Å². The highest BCUT2D eigenvalue weighted by atomic mass is 32.1. The van der Waals surface area contributed by atoms with Crippen LogP contribution in [0.2, 0.25) is 0 Å². The first-order valence-electron chi connectivity index (χ1n) is 8.11. The van der Waals surface area contributed by atoms with Gasteiger partial charge in [-0.15, -0.1) is 11.3 Å². The largest absolute Gasteiger partial charge is 0.481 e. The number of carbonyl (C=O) groups is 2. The highest BCUT2D eigenvalue weighted by molar-refractivity contribution is 7.13. The molecule has 1 unspecified atom stereocenters. The molecule has 1 amide bonds. The Labute approximate surface area is 153 Å². The van der Waals surface area contributed by atoms with Crippen molar-refractivity contribution in [2.75, 3.05) is 6.54 Å². The smallest absolute Gasteiger partial charge is 0.308 e. The molecule has 1 saturated carbocycles. The minimum atomic E-state index is -0.937. The normalized spacial score (nSPS) is 14.7. The topological polar surface area (TPSA) is 114 Å². The van der Waals surface area contributed by atoms with Crippen LogP contribution >= 0.6 is 11.3 Å². The Hall–Kier alpha value is -2.81. The van der Waals surface area contributed by atoms with Crippen LogP contribution in [0.4, 0.5) is 5.69 Å². The second kappa shape index (κ2) is 7.20. The standard InChI is InChI=1S/C17H17N3O5S/c1-10(17(22)23)8-19(12-6-7-12)16(21)14-9-26-15(18-14)11-2-4-13(5-3-11)20(24)25/h2-5,9-10,12H,6-8H2,1H3,(H,22,23). The fourth-order valence-corrected chi connectivity index (χ4v) is 3.33. The average Bonchev–Trinajstić information content (AvgIpc) is 3.34. The quantitative estimate of drug-likeness (QED) is 0.588. The molecule has 26 heavy (non-hydrogen) atoms. The maximum atomic E-state index is 12.8. The highest BCUT2D eigenvalue weighted by Gasteiger charge is 2.35. The summed E-state index contributed by atoms with van der Waals surface area (Å²) in [7, 11) is 0. The molecule has 1 aliphatic carbocycles. The summed E-state index contributed by atoms with van der Waals surface area (Å²) in [6.45, 7) is 1.73. The molecule has 1 aromatic heterocycles. The molecule has 0 radical (unpaired) electrons. The van der Waals surface area contributed by atoms with Gasteiger partial charge in [0.2, 0.25) is 0 Å². The van der Waals surface area contributed by atoms with E-state index >= 15 is 0 Å². The third-order valence-electron chi connectivity index (χ3n) is 4.19. The molecule has 1 fully saturated rings. The summed E-state index contributed by atoms with van der Waals surface area (Å²) >= 11 is 1.28. The van der Waals surface area contributed by atoms with E-state index in [9.17, 15) is 19.7 Å². The molecule has 2 aromatic rings. The second-order valence-electron chi connectivity index (χ2n) is 6.27. The summed E-state index contributed by atoms with van der Waals surface area (Å²) in [5, 5.41) is 22.1. The van der Waals surface area contributed by atoms with E-state index in [2.05, 4.69) is 4.98 Å². The number of aliphatic carboxylic acids is 1. The number of rotatable bonds is 7. The molecule has 1 aliphatic rings. The lowest BCUT2D eigenvalue weighted by Crippen LogP contribution is -2.38. The lowest BCUT2D eigenvalue weighted by Gasteiger charge is -2.23. The van der Waals surface area contributed by atoms with E-state index in [4.69, 9.17) is 5.11 Å². The van der Waals surface area contributed by atoms with Crippen molar-refractivity contribution in [3.05, 3.63) is 45.5 Å². The van der Waals surface area contributed by atoms with Crippen molar-refractivity contribution in [2.45, 2.75) is 25.8 Å². The van der Waals surface area contributed by atoms with Gasteiger partial charge in [0.15, 0.2) is 0 Å². The van der Waals surface area contributed by atoms with Crippen LogP contribution in [-0.4, -0.2) is 44.4 Å². The SMILES string of the molecule is CC(CN(C(=O)c1csc(-c2ccc([N+](=O)[O-])cc2)n1)C1CC1)C(=O)O. The van der Waals surface area contributed by atoms with Crippen LogP contribution < -0.4 is 0 Å². The maximum Gasteiger partial charge on any atom is 0.308 e. The number of hydrogen-bond donors (Lipinski definition) is 1. The maximum absolute atomic E-state index is 12.8. The van der Waals surface area contributed by atoms with Crippen LogP contribution in [0, 0.1) is 16.0 Å². The number of carbonyl (C=O) groups excluding carboxylic acids is 1. The summed E-state index contributed by atoms with van der Waals surface area (Å²) in [6.07, 6.45) is 1.74. The molecule has 0 bridgehead atoms. The molecule has 0 saturated heterocycles. The van der Waals surface area contributed by atoms with Gasteiger partial charge in [0.1, 0.15) is 10.7 Å². The van der Waals surface area contributed by atoms with Crippen molar-refractivity contribution in [3.8, 4) is 10.6 Å². The van der Waals surface area contributed by atoms with E-state index in [-0.39, 0.29) is 29.9 Å². The third kappa shape index (κ3) is 3.88. The van der Waals surface area contributed by atoms with E-state index in [1.165, 1.54) is 23.5 Å². The number of amides is 1. The van der Waals surface area contributed by atoms with Gasteiger partial charge in [-0.25, -0.2) is 4.98 Å². The van der Waals surface area contributed by atoms with Crippen LogP contribution in [0.3, 0.4) is 0 Å². The molecule has 0 aliphatic heterocycles. The number of nitro benzene ring substituents is 1. The number of thiazole rings is 1. The molecule has 8 nitrogen and oxygen atoms in total. The van der Waals surface area contributed by atoms with Gasteiger partial charge in [0.25, 0.3) is 11.6 Å². The zero-order chi connectivity index (χ0) is 18.8. The Morgan fingerprint density at radius 3 is 2.58 bits per heavy atom. The first-order chi connectivity index (χ1) is 12.4. The first kappa shape index (κ1) is 18.0. The number of nitrogens with zero attached hydrogens (tertiary/aromatic N) is 3. The Morgan fingerprint density at radius 2 is 2.04 bits per heavy atom. The highest BCUT2D eigenvalue weighted by Crippen LogP contribution is 2.31. The first-order valence-corrected chi connectivity index (χ1v) is 8.99. The number of carboxylic acids is 1. The van der Waals surface area contributed by atoms with Gasteiger partial charge < -0.3 is 10.0 Å². The van der Waals surface area contributed by atoms with Crippen molar-refractivity contribution < 1.29 is 19.6 Å². The van der Waals surface area contributed by atoms with Crippen LogP contribution in [0.1, 0.15) is 30.3 Å². The number of carboxylic acid groups (broad SMARTS) is 1. The lowest BCUT2D eigenvalue weighted by molar-refractivity contribution is -0.384. The molecular formula is C17H17N3O5S. The summed E-state index contributed by atoms with van der Waals surface area (Å²) in [6, 6.07) is 6.05. The monoisotopic (exact) mass is 375 g/mol. The molecule has 136 valence electrons. The fourth-order valence-electron chi connectivity index (χ4n) is 2.53. The van der Waals surface area contributed by atoms with Crippen molar-refractivity contribution in [1.29, 1.82) is 0 Å². The van der Waals surface area contributed by atoms with Gasteiger partial charge in [-0.05, 0) is 25.0 Å². The molecule has 3 rings (SSSR count). The fraction of sp³-hybridized carbons (Fsp3) is 0.353. The molecule has 0 spiro atoms. The Morgan fingerprint density at radius 1 is 1.38 bits per heavy atom. The van der Waals surface area contributed by atoms with Gasteiger partial charge >= 0.3 is 5.97 Å². The Bertz CT molecular complexity index is 844. The molecule has 1 N–H and O–H groups in total. The zero-order valence-corrected chi connectivity index (χ0v) is 14.8. The van der Waals surface area contributed by atoms with Crippen molar-refractivity contribution >= 4 is 28.9 Å².